The summed E-state index contributed by atoms with van der Waals surface area (Å²) in [6.45, 7) is 2.88. The van der Waals surface area contributed by atoms with Crippen molar-refractivity contribution in [3.05, 3.63) is 0 Å². The first-order chi connectivity index (χ1) is 17.6. The highest BCUT2D eigenvalue weighted by molar-refractivity contribution is 8.18. The van der Waals surface area contributed by atoms with Crippen molar-refractivity contribution in [2.45, 2.75) is 67.8 Å². The molecular weight excluding hydrogens is 546 g/mol. The van der Waals surface area contributed by atoms with Crippen LogP contribution in [-0.2, 0) is 33.6 Å². The van der Waals surface area contributed by atoms with E-state index >= 15 is 0 Å². The van der Waals surface area contributed by atoms with Crippen LogP contribution in [0.25, 0.3) is 0 Å². The third kappa shape index (κ3) is 16.1. The minimum Gasteiger partial charge on any atom is -0.480 e. The molecule has 0 aliphatic carbocycles. The topological polar surface area (TPSA) is 268 Å². The molecular formula is C21H35N5O10S2. The van der Waals surface area contributed by atoms with E-state index in [0.29, 0.717) is 6.29 Å². The molecule has 0 aliphatic heterocycles. The van der Waals surface area contributed by atoms with Gasteiger partial charge in [0.25, 0.3) is 0 Å². The molecule has 0 heterocycles. The number of carboxylic acid groups (broad SMARTS) is 3. The summed E-state index contributed by atoms with van der Waals surface area (Å²) in [5, 5.41) is 33.5. The molecule has 15 nitrogen and oxygen atoms in total. The molecule has 3 amide bonds. The molecule has 0 saturated heterocycles. The highest BCUT2D eigenvalue weighted by Crippen LogP contribution is 2.37. The van der Waals surface area contributed by atoms with E-state index in [2.05, 4.69) is 16.0 Å². The van der Waals surface area contributed by atoms with Gasteiger partial charge in [-0.15, -0.1) is 23.5 Å². The van der Waals surface area contributed by atoms with Crippen LogP contribution in [0.15, 0.2) is 0 Å². The third-order valence-electron chi connectivity index (χ3n) is 4.78. The molecule has 17 heteroatoms. The van der Waals surface area contributed by atoms with E-state index in [9.17, 15) is 33.6 Å². The zero-order valence-electron chi connectivity index (χ0n) is 21.0. The standard InChI is InChI=1S/C21H35N5O10S2/c1-21(2,37-9-11(8-27)25-15(28)5-3-12(22)19(33)34)38-10-14(18(32)24-7-17(30)31)26-16(29)6-4-13(23)20(35)36/h8,11-14H,3-7,9-10,22-23H2,1-2H3,(H,24,32)(H,25,28)(H,26,29)(H,30,31)(H,33,34)(H,35,36). The lowest BCUT2D eigenvalue weighted by atomic mass is 10.1. The smallest absolute Gasteiger partial charge is 0.322 e. The summed E-state index contributed by atoms with van der Waals surface area (Å²) < 4.78 is -0.640. The molecule has 0 aromatic heterocycles. The Labute approximate surface area is 227 Å². The van der Waals surface area contributed by atoms with E-state index in [1.165, 1.54) is 23.5 Å². The molecule has 216 valence electrons. The lowest BCUT2D eigenvalue weighted by Crippen LogP contribution is -2.50. The van der Waals surface area contributed by atoms with Gasteiger partial charge in [-0.05, 0) is 26.7 Å². The lowest BCUT2D eigenvalue weighted by molar-refractivity contribution is -0.140. The van der Waals surface area contributed by atoms with Crippen LogP contribution in [0.4, 0.5) is 0 Å². The van der Waals surface area contributed by atoms with Gasteiger partial charge in [0.15, 0.2) is 0 Å². The molecule has 0 aliphatic rings. The number of aldehydes is 1. The van der Waals surface area contributed by atoms with Gasteiger partial charge in [-0.3, -0.25) is 28.8 Å². The SMILES string of the molecule is CC(C)(SCC(C=O)NC(=O)CCC(N)C(=O)O)SCC(NC(=O)CCC(N)C(=O)O)C(=O)NCC(=O)O. The van der Waals surface area contributed by atoms with E-state index < -0.39 is 70.4 Å². The first kappa shape index (κ1) is 35.1. The highest BCUT2D eigenvalue weighted by atomic mass is 32.2. The van der Waals surface area contributed by atoms with Crippen LogP contribution >= 0.6 is 23.5 Å². The van der Waals surface area contributed by atoms with E-state index in [-0.39, 0.29) is 37.2 Å². The number of aliphatic carboxylic acids is 3. The van der Waals surface area contributed by atoms with Crippen molar-refractivity contribution in [1.29, 1.82) is 0 Å². The summed E-state index contributed by atoms with van der Waals surface area (Å²) >= 11 is 2.49. The summed E-state index contributed by atoms with van der Waals surface area (Å²) in [5.41, 5.74) is 10.7. The zero-order chi connectivity index (χ0) is 29.5. The summed E-state index contributed by atoms with van der Waals surface area (Å²) in [7, 11) is 0. The Morgan fingerprint density at radius 1 is 0.842 bits per heavy atom. The number of thioether (sulfide) groups is 2. The number of carbonyl (C=O) groups is 7. The number of nitrogens with one attached hydrogen (secondary N) is 3. The molecule has 0 saturated carbocycles. The van der Waals surface area contributed by atoms with Gasteiger partial charge in [-0.25, -0.2) is 0 Å². The van der Waals surface area contributed by atoms with Gasteiger partial charge >= 0.3 is 17.9 Å². The van der Waals surface area contributed by atoms with Crippen molar-refractivity contribution >= 4 is 65.4 Å². The van der Waals surface area contributed by atoms with E-state index in [1.54, 1.807) is 13.8 Å². The highest BCUT2D eigenvalue weighted by Gasteiger charge is 2.28. The van der Waals surface area contributed by atoms with Gasteiger partial charge in [-0.2, -0.15) is 0 Å². The third-order valence-corrected chi connectivity index (χ3v) is 7.91. The first-order valence-electron chi connectivity index (χ1n) is 11.4. The predicted octanol–water partition coefficient (Wildman–Crippen LogP) is -2.06. The Morgan fingerprint density at radius 2 is 1.32 bits per heavy atom. The maximum absolute atomic E-state index is 12.5. The van der Waals surface area contributed by atoms with Crippen molar-refractivity contribution in [3.8, 4) is 0 Å². The average molecular weight is 582 g/mol. The van der Waals surface area contributed by atoms with Crippen LogP contribution in [0, 0.1) is 0 Å². The molecule has 4 unspecified atom stereocenters. The van der Waals surface area contributed by atoms with Crippen LogP contribution in [0.1, 0.15) is 39.5 Å². The Kier molecular flexibility index (Phi) is 16.3. The molecule has 10 N–H and O–H groups in total. The fourth-order valence-corrected chi connectivity index (χ4v) is 4.85. The predicted molar refractivity (Wildman–Crippen MR) is 139 cm³/mol. The monoisotopic (exact) mass is 581 g/mol. The lowest BCUT2D eigenvalue weighted by Gasteiger charge is -2.27. The van der Waals surface area contributed by atoms with Gasteiger partial charge < -0.3 is 47.5 Å². The number of carbonyl (C=O) groups excluding carboxylic acids is 4. The van der Waals surface area contributed by atoms with E-state index in [1.807, 2.05) is 0 Å². The molecule has 0 aromatic carbocycles. The first-order valence-corrected chi connectivity index (χ1v) is 13.3. The maximum Gasteiger partial charge on any atom is 0.322 e. The molecule has 0 spiro atoms. The number of rotatable bonds is 20. The minimum absolute atomic E-state index is 0.00731. The molecule has 0 rings (SSSR count). The fraction of sp³-hybridized carbons (Fsp3) is 0.667. The second-order valence-corrected chi connectivity index (χ2v) is 12.1. The van der Waals surface area contributed by atoms with Gasteiger partial charge in [0, 0.05) is 24.3 Å². The Morgan fingerprint density at radius 3 is 1.76 bits per heavy atom. The molecule has 0 fully saturated rings. The van der Waals surface area contributed by atoms with E-state index in [0.717, 1.165) is 0 Å². The van der Waals surface area contributed by atoms with Crippen molar-refractivity contribution in [1.82, 2.24) is 16.0 Å². The van der Waals surface area contributed by atoms with Gasteiger partial charge in [0.1, 0.15) is 31.0 Å². The van der Waals surface area contributed by atoms with Gasteiger partial charge in [-0.1, -0.05) is 0 Å². The Bertz CT molecular complexity index is 873. The molecule has 4 atom stereocenters. The average Bonchev–Trinajstić information content (AvgIpc) is 2.84. The second kappa shape index (κ2) is 17.6. The van der Waals surface area contributed by atoms with Crippen LogP contribution in [-0.4, -0.2) is 104 Å². The number of amides is 3. The summed E-state index contributed by atoms with van der Waals surface area (Å²) in [5.74, 6) is -5.59. The van der Waals surface area contributed by atoms with Crippen LogP contribution in [0.2, 0.25) is 0 Å². The summed E-state index contributed by atoms with van der Waals surface area (Å²) in [4.78, 5) is 80.5. The number of hydrogen-bond donors (Lipinski definition) is 8. The Hall–Kier alpha value is -2.89. The van der Waals surface area contributed by atoms with Crippen molar-refractivity contribution in [3.63, 3.8) is 0 Å². The van der Waals surface area contributed by atoms with Crippen LogP contribution in [0.5, 0.6) is 0 Å². The molecule has 0 bridgehead atoms. The zero-order valence-corrected chi connectivity index (χ0v) is 22.6. The summed E-state index contributed by atoms with van der Waals surface area (Å²) in [6.07, 6.45) is -0.171. The van der Waals surface area contributed by atoms with Crippen molar-refractivity contribution in [2.75, 3.05) is 18.1 Å². The van der Waals surface area contributed by atoms with Crippen LogP contribution < -0.4 is 27.4 Å². The molecule has 0 radical (unpaired) electrons. The normalized spacial score (nSPS) is 14.3. The summed E-state index contributed by atoms with van der Waals surface area (Å²) in [6, 6.07) is -4.48. The second-order valence-electron chi connectivity index (χ2n) is 8.53. The minimum atomic E-state index is -1.29. The Balaban J connectivity index is 4.99. The molecule has 0 aromatic rings. The fourth-order valence-electron chi connectivity index (χ4n) is 2.57. The largest absolute Gasteiger partial charge is 0.480 e. The number of carboxylic acids is 3. The van der Waals surface area contributed by atoms with E-state index in [4.69, 9.17) is 26.8 Å². The van der Waals surface area contributed by atoms with Gasteiger partial charge in [0.2, 0.25) is 17.7 Å². The number of hydrogen-bond acceptors (Lipinski definition) is 11. The number of nitrogens with two attached hydrogens (primary N) is 2. The van der Waals surface area contributed by atoms with Crippen LogP contribution in [0.3, 0.4) is 0 Å². The molecule has 38 heavy (non-hydrogen) atoms. The van der Waals surface area contributed by atoms with Crippen molar-refractivity contribution < 1.29 is 48.9 Å². The van der Waals surface area contributed by atoms with Gasteiger partial charge in [0.05, 0.1) is 10.1 Å². The van der Waals surface area contributed by atoms with Crippen molar-refractivity contribution in [2.24, 2.45) is 11.5 Å². The maximum atomic E-state index is 12.5. The quantitative estimate of drug-likeness (QED) is 0.0567.